The molecule has 2 N–H and O–H groups in total. The smallest absolute Gasteiger partial charge is 0.478 e. The van der Waals surface area contributed by atoms with Gasteiger partial charge in [0, 0.05) is 65.4 Å². The number of aryl methyl sites for hydroxylation is 2. The minimum Gasteiger partial charge on any atom is -0.478 e. The van der Waals surface area contributed by atoms with Crippen LogP contribution in [-0.2, 0) is 79.8 Å². The molecule has 0 unspecified atom stereocenters. The van der Waals surface area contributed by atoms with Crippen LogP contribution in [0.1, 0.15) is 95.1 Å². The van der Waals surface area contributed by atoms with Crippen molar-refractivity contribution in [2.75, 3.05) is 0 Å². The normalized spacial score (nSPS) is 11.8. The second-order valence-electron chi connectivity index (χ2n) is 14.2. The summed E-state index contributed by atoms with van der Waals surface area (Å²) in [6.45, 7) is 14.0. The SMILES string of the molecule is CC.CC.CCC1=[C-]C(=C(c2[c-]c3ccc(C)cc3cc2)c2ccccc2C(=O)O)C=CC1=O.Cc1ccc2[c-]c(C(=C3[C-]=C(C=O)C(=O)C=C3)c3ccccc3C(=O)O)ccc2c1.[CH3-].[CH3-].[CH3-].[CH3-].[CH3-].[CH3-].[K+].[K+].[K+].[K+].[K+].[K+].[Y].[Y]. The first-order valence-electron chi connectivity index (χ1n) is 21.1. The van der Waals surface area contributed by atoms with E-state index in [1.807, 2.05) is 109 Å². The quantitative estimate of drug-likeness (QED) is 0.0723. The Balaban J connectivity index is -0.000000119. The van der Waals surface area contributed by atoms with Gasteiger partial charge < -0.3 is 69.2 Å². The molecule has 0 spiro atoms. The third-order valence-electron chi connectivity index (χ3n) is 10.1. The molecule has 6 aromatic carbocycles. The molecule has 0 atom stereocenters. The van der Waals surface area contributed by atoms with Crippen molar-refractivity contribution in [3.8, 4) is 0 Å². The number of hydrogen-bond acceptors (Lipinski definition) is 5. The van der Waals surface area contributed by atoms with Crippen molar-refractivity contribution in [2.24, 2.45) is 0 Å². The second kappa shape index (κ2) is 54.2. The number of carbonyl (C=O) groups excluding carboxylic acids is 3. The predicted octanol–water partition coefficient (Wildman–Crippen LogP) is -2.98. The van der Waals surface area contributed by atoms with Gasteiger partial charge in [-0.2, -0.15) is 0 Å². The van der Waals surface area contributed by atoms with Gasteiger partial charge in [-0.1, -0.05) is 146 Å². The van der Waals surface area contributed by atoms with Crippen LogP contribution in [-0.4, -0.2) is 40.0 Å². The molecule has 0 aromatic heterocycles. The van der Waals surface area contributed by atoms with Crippen molar-refractivity contribution in [3.63, 3.8) is 0 Å². The van der Waals surface area contributed by atoms with Crippen LogP contribution in [0.2, 0.25) is 0 Å². The van der Waals surface area contributed by atoms with Crippen LogP contribution >= 0.6 is 0 Å². The van der Waals surface area contributed by atoms with Gasteiger partial charge in [-0.05, 0) is 49.1 Å². The minimum atomic E-state index is -1.07. The van der Waals surface area contributed by atoms with Gasteiger partial charge in [0.1, 0.15) is 5.78 Å². The standard InChI is InChI=1S/C27H20O3.C26H16O4.2C2H6.6CH3.6K.2Y/c1-3-18-15-22(12-13-25(18)28)26(23-6-4-5-7-24(23)27(29)30)21-11-10-19-14-17(2)8-9-20(19)16-21;1-16-6-7-18-13-19(9-8-17(18)12-16)25(20-10-11-24(28)21(14-20)15-27)22-4-2-3-5-23(22)26(29)30;2*1-2;;;;;;;;;;;;;;/h4-14H,3H2,1-2H3,(H,29,30);2-12,15H,1H3,(H,29,30);2*1-2H3;6*1H3;;;;;;;;/q2*-2;;;6*-1;6*+1;;. The number of carboxylic acid groups (broad SMARTS) is 2. The number of fused-ring (bicyclic) bond motifs is 2. The molecule has 8 rings (SSSR count). The molecule has 0 aliphatic heterocycles. The molecule has 2 radical (unpaired) electrons. The molecular weight excluding hydrogens is 1280 g/mol. The molecule has 0 saturated heterocycles. The Kier molecular flexibility index (Phi) is 72.3. The van der Waals surface area contributed by atoms with E-state index in [0.717, 1.165) is 38.2 Å². The van der Waals surface area contributed by atoms with E-state index in [1.165, 1.54) is 18.2 Å². The van der Waals surface area contributed by atoms with Crippen LogP contribution in [0.5, 0.6) is 0 Å². The Morgan fingerprint density at radius 3 is 1.18 bits per heavy atom. The Morgan fingerprint density at radius 1 is 0.487 bits per heavy atom. The third-order valence-corrected chi connectivity index (χ3v) is 10.1. The molecule has 0 fully saturated rings. The van der Waals surface area contributed by atoms with Crippen LogP contribution in [0.15, 0.2) is 156 Å². The van der Waals surface area contributed by atoms with Gasteiger partial charge in [0.15, 0.2) is 0 Å². The fourth-order valence-corrected chi connectivity index (χ4v) is 7.19. The number of carboxylic acids is 2. The summed E-state index contributed by atoms with van der Waals surface area (Å²) >= 11 is 0. The summed E-state index contributed by atoms with van der Waals surface area (Å²) in [5.74, 6) is -2.58. The van der Waals surface area contributed by atoms with Crippen LogP contribution in [0.3, 0.4) is 0 Å². The molecular formula is C63H66K6O7Y2-4. The fourth-order valence-electron chi connectivity index (χ4n) is 7.19. The van der Waals surface area contributed by atoms with Gasteiger partial charge in [0.25, 0.3) is 0 Å². The van der Waals surface area contributed by atoms with E-state index < -0.39 is 17.7 Å². The first kappa shape index (κ1) is 104. The summed E-state index contributed by atoms with van der Waals surface area (Å²) < 4.78 is 0. The zero-order valence-corrected chi connectivity index (χ0v) is 74.5. The van der Waals surface area contributed by atoms with Gasteiger partial charge in [-0.3, -0.25) is 0 Å². The Morgan fingerprint density at radius 2 is 0.833 bits per heavy atom. The number of benzene rings is 6. The van der Waals surface area contributed by atoms with E-state index in [-0.39, 0.29) is 441 Å². The van der Waals surface area contributed by atoms with E-state index >= 15 is 0 Å². The first-order valence-corrected chi connectivity index (χ1v) is 21.1. The number of carbonyl (C=O) groups is 5. The van der Waals surface area contributed by atoms with Crippen molar-refractivity contribution in [2.45, 2.75) is 54.9 Å². The summed E-state index contributed by atoms with van der Waals surface area (Å²) in [6.07, 6.45) is 13.2. The Labute approximate surface area is 775 Å². The van der Waals surface area contributed by atoms with Crippen LogP contribution in [0.4, 0.5) is 0 Å². The largest absolute Gasteiger partial charge is 1.00 e. The van der Waals surface area contributed by atoms with Crippen molar-refractivity contribution in [1.29, 1.82) is 0 Å². The maximum absolute atomic E-state index is 12.1. The number of ketones is 2. The Bertz CT molecular complexity index is 3030. The monoisotopic (exact) mass is 1350 g/mol. The zero-order valence-electron chi connectivity index (χ0n) is 50.1. The van der Waals surface area contributed by atoms with Crippen LogP contribution in [0.25, 0.3) is 32.7 Å². The molecule has 6 aromatic rings. The number of hydrogen-bond donors (Lipinski definition) is 2. The average Bonchev–Trinajstić information content (AvgIpc) is 3.32. The molecule has 78 heavy (non-hydrogen) atoms. The van der Waals surface area contributed by atoms with E-state index in [9.17, 15) is 34.2 Å². The minimum absolute atomic E-state index is 0. The summed E-state index contributed by atoms with van der Waals surface area (Å²) in [6, 6.07) is 40.2. The summed E-state index contributed by atoms with van der Waals surface area (Å²) in [4.78, 5) is 59.2. The van der Waals surface area contributed by atoms with Gasteiger partial charge in [0.2, 0.25) is 0 Å². The molecule has 376 valence electrons. The Hall–Kier alpha value is 4.26. The summed E-state index contributed by atoms with van der Waals surface area (Å²) in [5, 5.41) is 23.4. The number of allylic oxidation sites excluding steroid dienone is 10. The number of aromatic carboxylic acids is 2. The van der Waals surface area contributed by atoms with Crippen LogP contribution in [0, 0.1) is 82.7 Å². The first-order chi connectivity index (χ1) is 30.9. The van der Waals surface area contributed by atoms with E-state index in [2.05, 4.69) is 30.4 Å². The molecule has 0 amide bonds. The molecule has 0 bridgehead atoms. The summed E-state index contributed by atoms with van der Waals surface area (Å²) in [7, 11) is 0. The van der Waals surface area contributed by atoms with Gasteiger partial charge in [-0.15, -0.1) is 106 Å². The second-order valence-corrected chi connectivity index (χ2v) is 14.2. The van der Waals surface area contributed by atoms with Crippen molar-refractivity contribution in [3.05, 3.63) is 269 Å². The zero-order chi connectivity index (χ0) is 46.5. The van der Waals surface area contributed by atoms with Gasteiger partial charge >= 0.3 is 320 Å². The molecule has 15 heteroatoms. The average molecular weight is 1350 g/mol. The molecule has 2 aliphatic rings. The van der Waals surface area contributed by atoms with Crippen molar-refractivity contribution in [1.82, 2.24) is 0 Å². The molecule has 2 aliphatic carbocycles. The maximum Gasteiger partial charge on any atom is 1.00 e. The summed E-state index contributed by atoms with van der Waals surface area (Å²) in [5.41, 5.74) is 7.88. The maximum atomic E-state index is 12.1. The van der Waals surface area contributed by atoms with Crippen LogP contribution < -0.4 is 308 Å². The predicted molar refractivity (Wildman–Crippen MR) is 293 cm³/mol. The topological polar surface area (TPSA) is 126 Å². The van der Waals surface area contributed by atoms with E-state index in [4.69, 9.17) is 0 Å². The molecule has 0 heterocycles. The third kappa shape index (κ3) is 28.8. The molecule has 7 nitrogen and oxygen atoms in total. The van der Waals surface area contributed by atoms with E-state index in [0.29, 0.717) is 57.3 Å². The fraction of sp³-hybridized carbons (Fsp3) is 0.127. The van der Waals surface area contributed by atoms with Gasteiger partial charge in [-0.25, -0.2) is 9.59 Å². The van der Waals surface area contributed by atoms with E-state index in [1.54, 1.807) is 48.6 Å². The number of aldehydes is 1. The van der Waals surface area contributed by atoms with Gasteiger partial charge in [0.05, 0.1) is 23.2 Å². The molecule has 0 saturated carbocycles. The number of rotatable bonds is 8. The van der Waals surface area contributed by atoms with Crippen molar-refractivity contribution >= 4 is 62.5 Å². The van der Waals surface area contributed by atoms with Crippen molar-refractivity contribution < 1.29 is 408 Å².